The molecule has 0 saturated heterocycles. The first-order valence-electron chi connectivity index (χ1n) is 8.19. The standard InChI is InChI=1S/C17H20N4O3S3.ClH/c1-10-4-6-13(7-5-10)27(23,24)20-15-14-16(25-9-8-18)26-12(3)11(2)21(14)17(22)19-15;/h4-7H,8-9,18H2,1-3H3,(H,19,20,22);1H. The van der Waals surface area contributed by atoms with Crippen LogP contribution in [0.2, 0.25) is 0 Å². The van der Waals surface area contributed by atoms with Gasteiger partial charge < -0.3 is 5.73 Å². The lowest BCUT2D eigenvalue weighted by Gasteiger charge is -2.15. The minimum atomic E-state index is -3.86. The lowest BCUT2D eigenvalue weighted by molar-refractivity contribution is 0.601. The topological polar surface area (TPSA) is 107 Å². The number of hydrogen-bond donors (Lipinski definition) is 2. The molecule has 1 aromatic carbocycles. The maximum atomic E-state index is 12.8. The molecular formula is C17H21ClN4O3S3. The number of imidazole rings is 1. The SMILES string of the molecule is Cc1ccc(S(=O)(=O)Nc2nc(=O)n3c(C)c(C)sc(SCCN)c2-3)cc1.Cl. The van der Waals surface area contributed by atoms with Crippen molar-refractivity contribution in [2.24, 2.45) is 5.73 Å². The van der Waals surface area contributed by atoms with Crippen LogP contribution in [0.3, 0.4) is 0 Å². The highest BCUT2D eigenvalue weighted by Crippen LogP contribution is 2.38. The first kappa shape index (κ1) is 22.7. The average Bonchev–Trinajstić information content (AvgIpc) is 2.93. The van der Waals surface area contributed by atoms with E-state index in [9.17, 15) is 13.2 Å². The van der Waals surface area contributed by atoms with E-state index in [0.29, 0.717) is 18.0 Å². The van der Waals surface area contributed by atoms with Crippen LogP contribution in [0.4, 0.5) is 5.82 Å². The number of thioether (sulfide) groups is 1. The molecule has 1 aromatic rings. The Kier molecular flexibility index (Phi) is 7.16. The van der Waals surface area contributed by atoms with Crippen LogP contribution >= 0.6 is 35.5 Å². The van der Waals surface area contributed by atoms with Crippen LogP contribution in [-0.4, -0.2) is 30.3 Å². The van der Waals surface area contributed by atoms with Gasteiger partial charge in [-0.25, -0.2) is 13.2 Å². The van der Waals surface area contributed by atoms with E-state index in [1.807, 2.05) is 20.8 Å². The summed E-state index contributed by atoms with van der Waals surface area (Å²) in [6.45, 7) is 6.09. The molecule has 2 heterocycles. The number of nitrogens with one attached hydrogen (secondary N) is 1. The van der Waals surface area contributed by atoms with Crippen molar-refractivity contribution in [1.82, 2.24) is 9.55 Å². The van der Waals surface area contributed by atoms with Gasteiger partial charge in [0, 0.05) is 22.9 Å². The van der Waals surface area contributed by atoms with Crippen LogP contribution < -0.4 is 16.1 Å². The first-order valence-corrected chi connectivity index (χ1v) is 11.5. The van der Waals surface area contributed by atoms with Crippen molar-refractivity contribution in [3.05, 3.63) is 50.9 Å². The Hall–Kier alpha value is -1.59. The fourth-order valence-corrected chi connectivity index (χ4v) is 5.84. The van der Waals surface area contributed by atoms with Gasteiger partial charge in [-0.15, -0.1) is 35.5 Å². The quantitative estimate of drug-likeness (QED) is 0.547. The van der Waals surface area contributed by atoms with E-state index < -0.39 is 15.7 Å². The van der Waals surface area contributed by atoms with E-state index in [-0.39, 0.29) is 23.1 Å². The van der Waals surface area contributed by atoms with Crippen molar-refractivity contribution in [2.45, 2.75) is 29.9 Å². The number of nitrogens with zero attached hydrogens (tertiary/aromatic N) is 2. The van der Waals surface area contributed by atoms with Gasteiger partial charge in [0.15, 0.2) is 5.82 Å². The van der Waals surface area contributed by atoms with Gasteiger partial charge in [-0.2, -0.15) is 4.98 Å². The highest BCUT2D eigenvalue weighted by molar-refractivity contribution is 8.01. The van der Waals surface area contributed by atoms with Crippen molar-refractivity contribution in [2.75, 3.05) is 17.0 Å². The molecule has 2 aliphatic heterocycles. The van der Waals surface area contributed by atoms with Crippen molar-refractivity contribution in [3.63, 3.8) is 0 Å². The van der Waals surface area contributed by atoms with Crippen LogP contribution in [-0.2, 0) is 10.0 Å². The van der Waals surface area contributed by atoms with Gasteiger partial charge in [0.05, 0.1) is 9.10 Å². The van der Waals surface area contributed by atoms with Gasteiger partial charge in [0.1, 0.15) is 5.69 Å². The van der Waals surface area contributed by atoms with Gasteiger partial charge in [-0.3, -0.25) is 9.29 Å². The van der Waals surface area contributed by atoms with Gasteiger partial charge in [0.2, 0.25) is 0 Å². The largest absolute Gasteiger partial charge is 0.354 e. The Morgan fingerprint density at radius 3 is 2.46 bits per heavy atom. The van der Waals surface area contributed by atoms with Crippen molar-refractivity contribution >= 4 is 51.3 Å². The van der Waals surface area contributed by atoms with Gasteiger partial charge in [-0.05, 0) is 32.9 Å². The number of nitrogens with two attached hydrogens (primary N) is 1. The Morgan fingerprint density at radius 1 is 1.21 bits per heavy atom. The number of fused-ring (bicyclic) bond motifs is 1. The molecule has 0 spiro atoms. The monoisotopic (exact) mass is 460 g/mol. The summed E-state index contributed by atoms with van der Waals surface area (Å²) in [5.74, 6) is 0.692. The number of benzene rings is 1. The zero-order chi connectivity index (χ0) is 19.8. The summed E-state index contributed by atoms with van der Waals surface area (Å²) in [5.41, 5.74) is 7.28. The van der Waals surface area contributed by atoms with Gasteiger partial charge in [0.25, 0.3) is 10.0 Å². The second-order valence-corrected chi connectivity index (χ2v) is 10.3. The Bertz CT molecular complexity index is 1110. The Labute approximate surface area is 178 Å². The molecule has 0 atom stereocenters. The van der Waals surface area contributed by atoms with Crippen molar-refractivity contribution in [1.29, 1.82) is 0 Å². The van der Waals surface area contributed by atoms with E-state index in [4.69, 9.17) is 5.73 Å². The fourth-order valence-electron chi connectivity index (χ4n) is 2.54. The summed E-state index contributed by atoms with van der Waals surface area (Å²) in [5, 5.41) is 0. The molecule has 0 bridgehead atoms. The van der Waals surface area contributed by atoms with Crippen LogP contribution in [0.15, 0.2) is 38.2 Å². The van der Waals surface area contributed by atoms with Crippen molar-refractivity contribution in [3.8, 4) is 5.69 Å². The third-order valence-corrected chi connectivity index (χ3v) is 7.88. The summed E-state index contributed by atoms with van der Waals surface area (Å²) in [7, 11) is -3.86. The van der Waals surface area contributed by atoms with Crippen LogP contribution in [0, 0.1) is 20.8 Å². The summed E-state index contributed by atoms with van der Waals surface area (Å²) in [6.07, 6.45) is 0. The number of sulfonamides is 1. The molecule has 11 heteroatoms. The van der Waals surface area contributed by atoms with Crippen LogP contribution in [0.1, 0.15) is 16.1 Å². The zero-order valence-electron chi connectivity index (χ0n) is 15.6. The van der Waals surface area contributed by atoms with E-state index in [0.717, 1.165) is 20.3 Å². The fraction of sp³-hybridized carbons (Fsp3) is 0.294. The number of halogens is 1. The summed E-state index contributed by atoms with van der Waals surface area (Å²) in [6, 6.07) is 6.49. The molecule has 0 amide bonds. The second-order valence-electron chi connectivity index (χ2n) is 6.01. The molecule has 2 aliphatic rings. The summed E-state index contributed by atoms with van der Waals surface area (Å²) >= 11 is 2.98. The third-order valence-electron chi connectivity index (χ3n) is 4.04. The predicted molar refractivity (Wildman–Crippen MR) is 117 cm³/mol. The molecule has 28 heavy (non-hydrogen) atoms. The molecule has 7 nitrogen and oxygen atoms in total. The molecule has 0 aromatic heterocycles. The summed E-state index contributed by atoms with van der Waals surface area (Å²) in [4.78, 5) is 17.5. The molecule has 0 unspecified atom stereocenters. The highest BCUT2D eigenvalue weighted by Gasteiger charge is 2.26. The average molecular weight is 461 g/mol. The van der Waals surface area contributed by atoms with Crippen LogP contribution in [0.5, 0.6) is 0 Å². The number of hydrogen-bond acceptors (Lipinski definition) is 7. The molecule has 152 valence electrons. The molecule has 0 fully saturated rings. The molecule has 0 aliphatic carbocycles. The first-order chi connectivity index (χ1) is 12.7. The predicted octanol–water partition coefficient (Wildman–Crippen LogP) is 2.93. The number of rotatable bonds is 6. The van der Waals surface area contributed by atoms with Crippen LogP contribution in [0.25, 0.3) is 5.69 Å². The zero-order valence-corrected chi connectivity index (χ0v) is 18.8. The molecule has 0 radical (unpaired) electrons. The van der Waals surface area contributed by atoms with E-state index >= 15 is 0 Å². The minimum Gasteiger partial charge on any atom is -0.330 e. The lowest BCUT2D eigenvalue weighted by Crippen LogP contribution is -2.17. The molecule has 0 saturated carbocycles. The number of aromatic nitrogens is 2. The van der Waals surface area contributed by atoms with E-state index in [1.165, 1.54) is 39.8 Å². The van der Waals surface area contributed by atoms with Gasteiger partial charge in [-0.1, -0.05) is 17.7 Å². The molecular weight excluding hydrogens is 440 g/mol. The third kappa shape index (κ3) is 4.36. The molecule has 3 rings (SSSR count). The second kappa shape index (κ2) is 8.83. The summed E-state index contributed by atoms with van der Waals surface area (Å²) < 4.78 is 30.3. The van der Waals surface area contributed by atoms with E-state index in [2.05, 4.69) is 9.71 Å². The lowest BCUT2D eigenvalue weighted by atomic mass is 10.2. The maximum Gasteiger partial charge on any atom is 0.354 e. The minimum absolute atomic E-state index is 0. The Morgan fingerprint density at radius 2 is 1.86 bits per heavy atom. The number of anilines is 1. The normalized spacial score (nSPS) is 11.4. The smallest absolute Gasteiger partial charge is 0.330 e. The maximum absolute atomic E-state index is 12.8. The Balaban J connectivity index is 0.00000280. The van der Waals surface area contributed by atoms with Gasteiger partial charge >= 0.3 is 5.69 Å². The number of aryl methyl sites for hydroxylation is 2. The van der Waals surface area contributed by atoms with Crippen molar-refractivity contribution < 1.29 is 8.42 Å². The molecule has 3 N–H and O–H groups in total. The van der Waals surface area contributed by atoms with E-state index in [1.54, 1.807) is 12.1 Å². The highest BCUT2D eigenvalue weighted by atomic mass is 35.5.